The summed E-state index contributed by atoms with van der Waals surface area (Å²) in [6.07, 6.45) is 7.50. The van der Waals surface area contributed by atoms with Gasteiger partial charge in [0.1, 0.15) is 11.6 Å². The lowest BCUT2D eigenvalue weighted by molar-refractivity contribution is 0.428. The Bertz CT molecular complexity index is 736. The normalized spacial score (nSPS) is 17.8. The molecule has 1 saturated carbocycles. The van der Waals surface area contributed by atoms with Crippen LogP contribution < -0.4 is 4.90 Å². The number of rotatable bonds is 2. The average molecular weight is 340 g/mol. The first-order chi connectivity index (χ1) is 11.7. The molecule has 1 aliphatic heterocycles. The number of fused-ring (bicyclic) bond motifs is 3. The molecule has 0 N–H and O–H groups in total. The zero-order chi connectivity index (χ0) is 16.5. The van der Waals surface area contributed by atoms with Gasteiger partial charge in [0.2, 0.25) is 0 Å². The van der Waals surface area contributed by atoms with E-state index in [0.29, 0.717) is 5.92 Å². The van der Waals surface area contributed by atoms with E-state index >= 15 is 0 Å². The highest BCUT2D eigenvalue weighted by Gasteiger charge is 2.25. The highest BCUT2D eigenvalue weighted by Crippen LogP contribution is 2.41. The summed E-state index contributed by atoms with van der Waals surface area (Å²) in [7, 11) is 4.22. The number of hydrogen-bond donors (Lipinski definition) is 0. The monoisotopic (exact) mass is 339 g/mol. The van der Waals surface area contributed by atoms with Crippen LogP contribution in [0.15, 0.2) is 29.2 Å². The molecule has 24 heavy (non-hydrogen) atoms. The summed E-state index contributed by atoms with van der Waals surface area (Å²) in [5, 5.41) is 0. The summed E-state index contributed by atoms with van der Waals surface area (Å²) in [6, 6.07) is 8.72. The fourth-order valence-electron chi connectivity index (χ4n) is 3.91. The van der Waals surface area contributed by atoms with Crippen LogP contribution in [-0.2, 0) is 6.42 Å². The number of hydrogen-bond acceptors (Lipinski definition) is 4. The molecule has 0 atom stereocenters. The van der Waals surface area contributed by atoms with Crippen LogP contribution in [0.25, 0.3) is 11.3 Å². The highest BCUT2D eigenvalue weighted by atomic mass is 32.2. The Labute approximate surface area is 148 Å². The van der Waals surface area contributed by atoms with Crippen LogP contribution in [0.5, 0.6) is 0 Å². The molecular formula is C20H25N3S. The van der Waals surface area contributed by atoms with Crippen molar-refractivity contribution in [3.63, 3.8) is 0 Å². The number of aromatic nitrogens is 2. The molecule has 4 rings (SSSR count). The topological polar surface area (TPSA) is 29.0 Å². The number of anilines is 1. The molecule has 0 unspecified atom stereocenters. The second-order valence-electron chi connectivity index (χ2n) is 7.06. The van der Waals surface area contributed by atoms with Gasteiger partial charge in [-0.1, -0.05) is 37.5 Å². The standard InChI is InChI=1S/C20H25N3S/c1-23(2)20-16-12-13-24-17-11-7-6-10-15(17)18(16)21-19(22-20)14-8-4-3-5-9-14/h6-7,10-11,14H,3-5,8-9,12-13H2,1-2H3. The minimum atomic E-state index is 0.533. The highest BCUT2D eigenvalue weighted by molar-refractivity contribution is 7.99. The van der Waals surface area contributed by atoms with Crippen molar-refractivity contribution in [2.75, 3.05) is 24.7 Å². The molecule has 1 fully saturated rings. The molecule has 0 spiro atoms. The van der Waals surface area contributed by atoms with Gasteiger partial charge in [-0.2, -0.15) is 0 Å². The summed E-state index contributed by atoms with van der Waals surface area (Å²) in [5.74, 6) is 3.82. The SMILES string of the molecule is CN(C)c1nc(C2CCCCC2)nc2c1CCSc1ccccc1-2. The Morgan fingerprint density at radius 1 is 1.04 bits per heavy atom. The summed E-state index contributed by atoms with van der Waals surface area (Å²) in [6.45, 7) is 0. The molecule has 1 aromatic carbocycles. The molecule has 3 nitrogen and oxygen atoms in total. The van der Waals surface area contributed by atoms with E-state index in [1.807, 2.05) is 11.8 Å². The fraction of sp³-hybridized carbons (Fsp3) is 0.500. The fourth-order valence-corrected chi connectivity index (χ4v) is 4.93. The van der Waals surface area contributed by atoms with E-state index < -0.39 is 0 Å². The van der Waals surface area contributed by atoms with Crippen molar-refractivity contribution in [3.05, 3.63) is 35.7 Å². The zero-order valence-electron chi connectivity index (χ0n) is 14.6. The largest absolute Gasteiger partial charge is 0.362 e. The van der Waals surface area contributed by atoms with Crippen LogP contribution in [0.4, 0.5) is 5.82 Å². The Morgan fingerprint density at radius 2 is 1.83 bits per heavy atom. The molecule has 1 aliphatic carbocycles. The lowest BCUT2D eigenvalue weighted by Crippen LogP contribution is -2.19. The first-order valence-corrected chi connectivity index (χ1v) is 10.0. The average Bonchev–Trinajstić information content (AvgIpc) is 2.81. The van der Waals surface area contributed by atoms with Gasteiger partial charge < -0.3 is 4.90 Å². The summed E-state index contributed by atoms with van der Waals surface area (Å²) in [4.78, 5) is 13.7. The Balaban J connectivity index is 1.89. The minimum Gasteiger partial charge on any atom is -0.362 e. The van der Waals surface area contributed by atoms with Crippen molar-refractivity contribution < 1.29 is 0 Å². The molecular weight excluding hydrogens is 314 g/mol. The first kappa shape index (κ1) is 15.9. The predicted octanol–water partition coefficient (Wildman–Crippen LogP) is 4.91. The van der Waals surface area contributed by atoms with Crippen molar-refractivity contribution in [1.29, 1.82) is 0 Å². The third kappa shape index (κ3) is 2.92. The molecule has 0 amide bonds. The van der Waals surface area contributed by atoms with Crippen LogP contribution in [0, 0.1) is 0 Å². The molecule has 2 heterocycles. The molecule has 126 valence electrons. The summed E-state index contributed by atoms with van der Waals surface area (Å²) < 4.78 is 0. The van der Waals surface area contributed by atoms with Crippen LogP contribution in [-0.4, -0.2) is 29.8 Å². The summed E-state index contributed by atoms with van der Waals surface area (Å²) >= 11 is 1.94. The molecule has 0 saturated heterocycles. The number of nitrogens with zero attached hydrogens (tertiary/aromatic N) is 3. The maximum Gasteiger partial charge on any atom is 0.135 e. The molecule has 0 bridgehead atoms. The van der Waals surface area contributed by atoms with Gasteiger partial charge in [0.25, 0.3) is 0 Å². The first-order valence-electron chi connectivity index (χ1n) is 9.04. The lowest BCUT2D eigenvalue weighted by Gasteiger charge is -2.24. The third-order valence-corrected chi connectivity index (χ3v) is 6.22. The van der Waals surface area contributed by atoms with Gasteiger partial charge >= 0.3 is 0 Å². The third-order valence-electron chi connectivity index (χ3n) is 5.15. The van der Waals surface area contributed by atoms with Gasteiger partial charge in [-0.15, -0.1) is 11.8 Å². The van der Waals surface area contributed by atoms with E-state index in [2.05, 4.69) is 43.3 Å². The van der Waals surface area contributed by atoms with Crippen molar-refractivity contribution in [1.82, 2.24) is 9.97 Å². The second-order valence-corrected chi connectivity index (χ2v) is 8.19. The Hall–Kier alpha value is -1.55. The van der Waals surface area contributed by atoms with E-state index in [4.69, 9.17) is 9.97 Å². The van der Waals surface area contributed by atoms with Gasteiger partial charge in [-0.3, -0.25) is 0 Å². The molecule has 4 heteroatoms. The van der Waals surface area contributed by atoms with Gasteiger partial charge in [0.15, 0.2) is 0 Å². The molecule has 2 aromatic rings. The zero-order valence-corrected chi connectivity index (χ0v) is 15.4. The minimum absolute atomic E-state index is 0.533. The number of benzene rings is 1. The van der Waals surface area contributed by atoms with Gasteiger partial charge in [-0.25, -0.2) is 9.97 Å². The van der Waals surface area contributed by atoms with Crippen LogP contribution in [0.1, 0.15) is 49.4 Å². The maximum absolute atomic E-state index is 5.13. The predicted molar refractivity (Wildman–Crippen MR) is 102 cm³/mol. The van der Waals surface area contributed by atoms with Gasteiger partial charge in [0.05, 0.1) is 5.69 Å². The quantitative estimate of drug-likeness (QED) is 0.778. The van der Waals surface area contributed by atoms with Crippen LogP contribution in [0.2, 0.25) is 0 Å². The lowest BCUT2D eigenvalue weighted by atomic mass is 9.88. The van der Waals surface area contributed by atoms with Gasteiger partial charge in [0, 0.05) is 41.8 Å². The van der Waals surface area contributed by atoms with Crippen molar-refractivity contribution in [2.24, 2.45) is 0 Å². The van der Waals surface area contributed by atoms with E-state index in [0.717, 1.165) is 23.8 Å². The van der Waals surface area contributed by atoms with E-state index in [1.165, 1.54) is 53.8 Å². The van der Waals surface area contributed by atoms with Crippen LogP contribution in [0.3, 0.4) is 0 Å². The maximum atomic E-state index is 5.13. The Morgan fingerprint density at radius 3 is 2.62 bits per heavy atom. The van der Waals surface area contributed by atoms with Gasteiger partial charge in [-0.05, 0) is 25.3 Å². The summed E-state index contributed by atoms with van der Waals surface area (Å²) in [5.41, 5.74) is 3.78. The van der Waals surface area contributed by atoms with Crippen molar-refractivity contribution in [2.45, 2.75) is 49.3 Å². The molecule has 2 aliphatic rings. The van der Waals surface area contributed by atoms with E-state index in [-0.39, 0.29) is 0 Å². The van der Waals surface area contributed by atoms with Crippen molar-refractivity contribution in [3.8, 4) is 11.3 Å². The molecule has 1 aromatic heterocycles. The number of thioether (sulfide) groups is 1. The van der Waals surface area contributed by atoms with E-state index in [9.17, 15) is 0 Å². The van der Waals surface area contributed by atoms with Crippen molar-refractivity contribution >= 4 is 17.6 Å². The Kier molecular flexibility index (Phi) is 4.49. The second kappa shape index (κ2) is 6.75. The molecule has 0 radical (unpaired) electrons. The smallest absolute Gasteiger partial charge is 0.135 e. The van der Waals surface area contributed by atoms with E-state index in [1.54, 1.807) is 0 Å². The van der Waals surface area contributed by atoms with Crippen LogP contribution >= 0.6 is 11.8 Å².